The number of piperazine rings is 1. The lowest BCUT2D eigenvalue weighted by atomic mass is 9.81. The van der Waals surface area contributed by atoms with Gasteiger partial charge in [-0.15, -0.1) is 0 Å². The molecule has 3 aromatic heterocycles. The lowest BCUT2D eigenvalue weighted by Crippen LogP contribution is -2.51. The number of hydrogen-bond donors (Lipinski definition) is 1. The molecule has 33 heavy (non-hydrogen) atoms. The van der Waals surface area contributed by atoms with E-state index in [-0.39, 0.29) is 24.7 Å². The third-order valence-corrected chi connectivity index (χ3v) is 6.98. The van der Waals surface area contributed by atoms with E-state index in [0.29, 0.717) is 39.0 Å². The van der Waals surface area contributed by atoms with Gasteiger partial charge in [0.15, 0.2) is 0 Å². The fourth-order valence-electron chi connectivity index (χ4n) is 5.03. The van der Waals surface area contributed by atoms with E-state index in [2.05, 4.69) is 19.9 Å². The van der Waals surface area contributed by atoms with Gasteiger partial charge in [-0.3, -0.25) is 9.78 Å². The second-order valence-electron chi connectivity index (χ2n) is 8.90. The van der Waals surface area contributed by atoms with Crippen LogP contribution in [0.5, 0.6) is 0 Å². The molecule has 1 saturated carbocycles. The number of nitrogens with zero attached hydrogens (tertiary/aromatic N) is 4. The van der Waals surface area contributed by atoms with Crippen LogP contribution in [0.2, 0.25) is 0 Å². The summed E-state index contributed by atoms with van der Waals surface area (Å²) in [5.41, 5.74) is 3.71. The van der Waals surface area contributed by atoms with E-state index in [0.717, 1.165) is 28.0 Å². The number of amides is 1. The number of hydrogen-bond acceptors (Lipinski definition) is 4. The van der Waals surface area contributed by atoms with Gasteiger partial charge in [-0.2, -0.15) is 13.2 Å². The summed E-state index contributed by atoms with van der Waals surface area (Å²) in [7, 11) is 0. The van der Waals surface area contributed by atoms with Crippen molar-refractivity contribution in [2.24, 2.45) is 11.8 Å². The van der Waals surface area contributed by atoms with Gasteiger partial charge in [0.05, 0.1) is 23.5 Å². The molecule has 5 rings (SSSR count). The molecule has 9 heteroatoms. The number of pyridine rings is 2. The summed E-state index contributed by atoms with van der Waals surface area (Å²) in [6.07, 6.45) is 2.11. The number of anilines is 1. The van der Waals surface area contributed by atoms with Gasteiger partial charge in [0.1, 0.15) is 5.65 Å². The highest BCUT2D eigenvalue weighted by atomic mass is 19.4. The molecule has 1 amide bonds. The van der Waals surface area contributed by atoms with Gasteiger partial charge in [0, 0.05) is 55.4 Å². The summed E-state index contributed by atoms with van der Waals surface area (Å²) in [4.78, 5) is 28.9. The third-order valence-electron chi connectivity index (χ3n) is 6.98. The van der Waals surface area contributed by atoms with Gasteiger partial charge in [0.25, 0.3) is 0 Å². The lowest BCUT2D eigenvalue weighted by Gasteiger charge is -2.38. The molecule has 0 radical (unpaired) electrons. The van der Waals surface area contributed by atoms with Gasteiger partial charge in [0.2, 0.25) is 5.91 Å². The minimum absolute atomic E-state index is 0.0111. The number of rotatable bonds is 3. The van der Waals surface area contributed by atoms with Crippen molar-refractivity contribution in [1.29, 1.82) is 0 Å². The van der Waals surface area contributed by atoms with Crippen molar-refractivity contribution in [2.45, 2.75) is 31.9 Å². The van der Waals surface area contributed by atoms with Gasteiger partial charge >= 0.3 is 6.18 Å². The minimum Gasteiger partial charge on any atom is -0.367 e. The summed E-state index contributed by atoms with van der Waals surface area (Å²) in [5, 5.41) is 1.02. The lowest BCUT2D eigenvalue weighted by molar-refractivity contribution is -0.185. The van der Waals surface area contributed by atoms with E-state index < -0.39 is 12.1 Å². The minimum atomic E-state index is -4.14. The van der Waals surface area contributed by atoms with E-state index in [4.69, 9.17) is 0 Å². The van der Waals surface area contributed by atoms with Crippen molar-refractivity contribution in [3.8, 4) is 11.3 Å². The average molecular weight is 458 g/mol. The van der Waals surface area contributed by atoms with E-state index >= 15 is 0 Å². The van der Waals surface area contributed by atoms with Crippen molar-refractivity contribution < 1.29 is 18.0 Å². The topological polar surface area (TPSA) is 65.1 Å². The van der Waals surface area contributed by atoms with Crippen LogP contribution in [-0.4, -0.2) is 58.1 Å². The molecule has 2 aliphatic rings. The molecular weight excluding hydrogens is 431 g/mol. The van der Waals surface area contributed by atoms with E-state index in [1.165, 1.54) is 0 Å². The summed E-state index contributed by atoms with van der Waals surface area (Å²) < 4.78 is 38.7. The van der Waals surface area contributed by atoms with Gasteiger partial charge < -0.3 is 14.8 Å². The Morgan fingerprint density at radius 2 is 1.73 bits per heavy atom. The van der Waals surface area contributed by atoms with Crippen LogP contribution in [0.4, 0.5) is 18.9 Å². The molecule has 4 heterocycles. The molecule has 3 aromatic rings. The Bertz CT molecular complexity index is 1110. The zero-order chi connectivity index (χ0) is 23.0. The van der Waals surface area contributed by atoms with Crippen LogP contribution in [0.15, 0.2) is 42.9 Å². The van der Waals surface area contributed by atoms with Crippen LogP contribution >= 0.6 is 0 Å². The molecule has 0 atom stereocenters. The summed E-state index contributed by atoms with van der Waals surface area (Å²) >= 11 is 0. The number of carbonyl (C=O) groups excluding carboxylic acids is 1. The normalized spacial score (nSPS) is 22.0. The molecule has 0 aromatic carbocycles. The Morgan fingerprint density at radius 3 is 2.39 bits per heavy atom. The number of aromatic amines is 1. The summed E-state index contributed by atoms with van der Waals surface area (Å²) in [5.74, 6) is -1.52. The predicted octanol–water partition coefficient (Wildman–Crippen LogP) is 4.64. The van der Waals surface area contributed by atoms with Crippen LogP contribution < -0.4 is 4.90 Å². The molecule has 1 saturated heterocycles. The Hall–Kier alpha value is -3.10. The molecule has 2 fully saturated rings. The zero-order valence-electron chi connectivity index (χ0n) is 18.2. The summed E-state index contributed by atoms with van der Waals surface area (Å²) in [6, 6.07) is 7.97. The maximum atomic E-state index is 12.9. The van der Waals surface area contributed by atoms with Crippen molar-refractivity contribution in [2.75, 3.05) is 31.1 Å². The number of H-pyrrole nitrogens is 1. The first-order valence-corrected chi connectivity index (χ1v) is 11.4. The number of carbonyl (C=O) groups is 1. The van der Waals surface area contributed by atoms with Crippen molar-refractivity contribution in [3.63, 3.8) is 0 Å². The molecule has 0 unspecified atom stereocenters. The molecular formula is C24H26F3N5O. The largest absolute Gasteiger partial charge is 0.391 e. The highest BCUT2D eigenvalue weighted by molar-refractivity contribution is 5.91. The molecule has 1 aliphatic carbocycles. The van der Waals surface area contributed by atoms with Crippen LogP contribution in [0.25, 0.3) is 22.3 Å². The molecule has 6 nitrogen and oxygen atoms in total. The SMILES string of the molecule is O=C(C1CCC(C(F)(F)F)CC1)N1CCN(c2ccc(-c3ccnc4[nH]ccc34)nc2)CC1. The smallest absolute Gasteiger partial charge is 0.367 e. The van der Waals surface area contributed by atoms with Crippen LogP contribution in [0.3, 0.4) is 0 Å². The second kappa shape index (κ2) is 8.68. The van der Waals surface area contributed by atoms with Crippen LogP contribution in [-0.2, 0) is 4.79 Å². The highest BCUT2D eigenvalue weighted by Crippen LogP contribution is 2.40. The average Bonchev–Trinajstić information content (AvgIpc) is 3.33. The monoisotopic (exact) mass is 457 g/mol. The molecule has 1 N–H and O–H groups in total. The Morgan fingerprint density at radius 1 is 0.970 bits per heavy atom. The van der Waals surface area contributed by atoms with Gasteiger partial charge in [-0.1, -0.05) is 0 Å². The number of halogens is 3. The fraction of sp³-hybridized carbons (Fsp3) is 0.458. The van der Waals surface area contributed by atoms with Gasteiger partial charge in [-0.05, 0) is 49.9 Å². The van der Waals surface area contributed by atoms with Crippen molar-refractivity contribution >= 4 is 22.6 Å². The quantitative estimate of drug-likeness (QED) is 0.622. The Kier molecular flexibility index (Phi) is 5.72. The maximum absolute atomic E-state index is 12.9. The van der Waals surface area contributed by atoms with Crippen LogP contribution in [0.1, 0.15) is 25.7 Å². The number of fused-ring (bicyclic) bond motifs is 1. The molecule has 0 spiro atoms. The first-order chi connectivity index (χ1) is 15.9. The number of aromatic nitrogens is 3. The molecule has 0 bridgehead atoms. The Balaban J connectivity index is 1.18. The predicted molar refractivity (Wildman–Crippen MR) is 120 cm³/mol. The van der Waals surface area contributed by atoms with E-state index in [9.17, 15) is 18.0 Å². The van der Waals surface area contributed by atoms with E-state index in [1.54, 1.807) is 6.20 Å². The number of nitrogens with one attached hydrogen (secondary N) is 1. The van der Waals surface area contributed by atoms with Gasteiger partial charge in [-0.25, -0.2) is 4.98 Å². The van der Waals surface area contributed by atoms with Crippen molar-refractivity contribution in [3.05, 3.63) is 42.9 Å². The maximum Gasteiger partial charge on any atom is 0.391 e. The first-order valence-electron chi connectivity index (χ1n) is 11.4. The van der Waals surface area contributed by atoms with Crippen molar-refractivity contribution in [1.82, 2.24) is 19.9 Å². The van der Waals surface area contributed by atoms with Crippen LogP contribution in [0, 0.1) is 11.8 Å². The molecule has 174 valence electrons. The molecule has 1 aliphatic heterocycles. The zero-order valence-corrected chi connectivity index (χ0v) is 18.2. The fourth-order valence-corrected chi connectivity index (χ4v) is 5.03. The standard InChI is InChI=1S/C24H26F3N5O/c25-24(26,27)17-3-1-16(2-4-17)23(33)32-13-11-31(12-14-32)18-5-6-21(30-15-18)19-7-9-28-22-20(19)8-10-29-22/h5-10,15-17H,1-4,11-14H2,(H,28,29). The van der Waals surface area contributed by atoms with E-state index in [1.807, 2.05) is 41.6 Å². The Labute approximate surface area is 189 Å². The first kappa shape index (κ1) is 21.7. The number of alkyl halides is 3. The third kappa shape index (κ3) is 4.41. The second-order valence-corrected chi connectivity index (χ2v) is 8.90. The highest BCUT2D eigenvalue weighted by Gasteiger charge is 2.43. The summed E-state index contributed by atoms with van der Waals surface area (Å²) in [6.45, 7) is 2.52.